The molecule has 16 atom stereocenters. The average Bonchev–Trinajstić information content (AvgIpc) is 3.27. The number of aliphatic hydroxyl groups excluding tert-OH is 6. The molecule has 5 fully saturated rings. The molecule has 0 aliphatic carbocycles. The summed E-state index contributed by atoms with van der Waals surface area (Å²) >= 11 is 0. The molecule has 0 amide bonds. The summed E-state index contributed by atoms with van der Waals surface area (Å²) in [6.45, 7) is -2.75. The van der Waals surface area contributed by atoms with Crippen LogP contribution < -0.4 is 17.2 Å². The Morgan fingerprint density at radius 2 is 1.36 bits per heavy atom. The zero-order valence-corrected chi connectivity index (χ0v) is 20.9. The summed E-state index contributed by atoms with van der Waals surface area (Å²) < 4.78 is 54.6. The highest BCUT2D eigenvalue weighted by atomic mass is 31.2. The number of hydrogen-bond donors (Lipinski definition) is 11. The van der Waals surface area contributed by atoms with Crippen LogP contribution in [0.4, 0.5) is 0 Å². The zero-order valence-electron chi connectivity index (χ0n) is 20.0. The van der Waals surface area contributed by atoms with Crippen LogP contribution in [0.2, 0.25) is 0 Å². The normalized spacial score (nSPS) is 59.1. The van der Waals surface area contributed by atoms with Crippen LogP contribution in [0.1, 0.15) is 0 Å². The van der Waals surface area contributed by atoms with Crippen molar-refractivity contribution in [3.8, 4) is 0 Å². The van der Waals surface area contributed by atoms with E-state index in [1.165, 1.54) is 0 Å². The van der Waals surface area contributed by atoms with Crippen molar-refractivity contribution >= 4 is 7.82 Å². The highest BCUT2D eigenvalue weighted by molar-refractivity contribution is 7.49. The van der Waals surface area contributed by atoms with Gasteiger partial charge in [-0.25, -0.2) is 18.1 Å². The van der Waals surface area contributed by atoms with Gasteiger partial charge in [0.25, 0.3) is 17.4 Å². The third kappa shape index (κ3) is 4.24. The highest BCUT2D eigenvalue weighted by Gasteiger charge is 2.89. The van der Waals surface area contributed by atoms with Crippen LogP contribution in [0, 0.1) is 0 Å². The molecule has 2 bridgehead atoms. The van der Waals surface area contributed by atoms with Crippen molar-refractivity contribution in [3.63, 3.8) is 0 Å². The van der Waals surface area contributed by atoms with Crippen LogP contribution in [-0.4, -0.2) is 152 Å². The van der Waals surface area contributed by atoms with Crippen LogP contribution in [0.3, 0.4) is 0 Å². The minimum Gasteiger partial charge on any atom is -0.394 e. The van der Waals surface area contributed by atoms with Gasteiger partial charge < -0.3 is 81.7 Å². The first kappa shape index (κ1) is 29.9. The van der Waals surface area contributed by atoms with Crippen LogP contribution >= 0.6 is 7.82 Å². The maximum Gasteiger partial charge on any atom is 0.483 e. The molecule has 0 spiro atoms. The summed E-state index contributed by atoms with van der Waals surface area (Å²) in [7, 11) is -4.61. The Kier molecular flexibility index (Phi) is 7.71. The molecule has 21 heteroatoms. The quantitative estimate of drug-likeness (QED) is 0.122. The Bertz CT molecular complexity index is 967. The van der Waals surface area contributed by atoms with E-state index in [0.717, 1.165) is 0 Å². The van der Waals surface area contributed by atoms with E-state index in [1.54, 1.807) is 0 Å². The van der Waals surface area contributed by atoms with Gasteiger partial charge >= 0.3 is 7.82 Å². The monoisotopic (exact) mass is 593 g/mol. The van der Waals surface area contributed by atoms with Crippen LogP contribution in [0.25, 0.3) is 0 Å². The van der Waals surface area contributed by atoms with Gasteiger partial charge in [-0.1, -0.05) is 0 Å². The maximum atomic E-state index is 12.5. The van der Waals surface area contributed by atoms with E-state index in [-0.39, 0.29) is 0 Å². The van der Waals surface area contributed by atoms with E-state index >= 15 is 0 Å². The first-order valence-electron chi connectivity index (χ1n) is 11.8. The third-order valence-corrected chi connectivity index (χ3v) is 8.93. The van der Waals surface area contributed by atoms with Crippen molar-refractivity contribution in [1.82, 2.24) is 0 Å². The molecule has 226 valence electrons. The predicted molar refractivity (Wildman–Crippen MR) is 115 cm³/mol. The largest absolute Gasteiger partial charge is 0.483 e. The van der Waals surface area contributed by atoms with E-state index in [4.69, 9.17) is 54.5 Å². The molecule has 20 nitrogen and oxygen atoms in total. The molecule has 5 rings (SSSR count). The molecule has 0 saturated carbocycles. The van der Waals surface area contributed by atoms with Crippen LogP contribution in [-0.2, 0) is 41.8 Å². The molecule has 3 unspecified atom stereocenters. The topological polar surface area (TPSA) is 331 Å². The van der Waals surface area contributed by atoms with Crippen LogP contribution in [0.5, 0.6) is 0 Å². The lowest BCUT2D eigenvalue weighted by atomic mass is 9.87. The van der Waals surface area contributed by atoms with Gasteiger partial charge in [0, 0.05) is 0 Å². The molecular weight excluding hydrogens is 561 g/mol. The van der Waals surface area contributed by atoms with Crippen molar-refractivity contribution in [1.29, 1.82) is 0 Å². The van der Waals surface area contributed by atoms with Crippen molar-refractivity contribution in [2.45, 2.75) is 91.0 Å². The SMILES string of the molecule is N[C@H]1[C@H](OC2[C@@H](CO)O[C@@H](O)[C@H](N)[C@H]2O)O[C@H](CO)C(O[C@H]2O[C@]3(CO)OP4(=O)O[C@@]3(O)[C@](O)(O4)[C@@H]2N)[C@@H]1O. The predicted octanol–water partition coefficient (Wildman–Crippen LogP) is -7.51. The molecule has 14 N–H and O–H groups in total. The van der Waals surface area contributed by atoms with E-state index < -0.39 is 119 Å². The molecule has 0 radical (unpaired) electrons. The number of fused-ring (bicyclic) bond motifs is 1. The summed E-state index contributed by atoms with van der Waals surface area (Å²) in [5.74, 6) is -8.69. The molecule has 0 aromatic rings. The first-order chi connectivity index (χ1) is 18.2. The average molecular weight is 593 g/mol. The fraction of sp³-hybridized carbons (Fsp3) is 1.00. The molecule has 5 aliphatic heterocycles. The van der Waals surface area contributed by atoms with Gasteiger partial charge in [-0.05, 0) is 0 Å². The maximum absolute atomic E-state index is 12.5. The number of ether oxygens (including phenoxy) is 5. The molecule has 5 heterocycles. The lowest BCUT2D eigenvalue weighted by molar-refractivity contribution is -0.486. The van der Waals surface area contributed by atoms with Gasteiger partial charge in [-0.2, -0.15) is 0 Å². The Morgan fingerprint density at radius 3 is 1.92 bits per heavy atom. The highest BCUT2D eigenvalue weighted by Crippen LogP contribution is 2.76. The number of phosphoric acid groups is 1. The van der Waals surface area contributed by atoms with Gasteiger partial charge in [0.1, 0.15) is 49.3 Å². The van der Waals surface area contributed by atoms with Gasteiger partial charge in [-0.15, -0.1) is 0 Å². The van der Waals surface area contributed by atoms with E-state index in [9.17, 15) is 45.4 Å². The summed E-state index contributed by atoms with van der Waals surface area (Å²) in [5.41, 5.74) is 17.8. The molecule has 5 saturated heterocycles. The number of hydrogen-bond acceptors (Lipinski definition) is 20. The Morgan fingerprint density at radius 1 is 0.795 bits per heavy atom. The van der Waals surface area contributed by atoms with Gasteiger partial charge in [0.2, 0.25) is 0 Å². The van der Waals surface area contributed by atoms with Crippen molar-refractivity contribution in [3.05, 3.63) is 0 Å². The Hall–Kier alpha value is -0.530. The van der Waals surface area contributed by atoms with Crippen molar-refractivity contribution in [2.24, 2.45) is 17.2 Å². The van der Waals surface area contributed by atoms with E-state index in [1.807, 2.05) is 0 Å². The summed E-state index contributed by atoms with van der Waals surface area (Å²) in [6, 6.07) is -4.69. The van der Waals surface area contributed by atoms with E-state index in [0.29, 0.717) is 0 Å². The number of rotatable bonds is 7. The summed E-state index contributed by atoms with van der Waals surface area (Å²) in [4.78, 5) is 0. The molecular formula is C18H32N3O17P. The zero-order chi connectivity index (χ0) is 28.7. The fourth-order valence-electron chi connectivity index (χ4n) is 5.18. The lowest BCUT2D eigenvalue weighted by Gasteiger charge is -2.54. The van der Waals surface area contributed by atoms with Crippen molar-refractivity contribution < 1.29 is 82.7 Å². The Labute approximate surface area is 219 Å². The fourth-order valence-corrected chi connectivity index (χ4v) is 7.05. The second kappa shape index (κ2) is 10.0. The van der Waals surface area contributed by atoms with Gasteiger partial charge in [0.05, 0.1) is 25.3 Å². The minimum absolute atomic E-state index is 0.704. The third-order valence-electron chi connectivity index (χ3n) is 7.42. The standard InChI is InChI=1S/C18H32N3O17P/c19-6-8(25)10(4(1-22)31-13(6)27)33-14-7(20)9(26)11(5(2-23)32-14)34-15-12(21)17(28)18(29)16(3-24,35-15)36-39(30,37-17)38-18/h4-15,22-29H,1-3,19-21H2/t4-,5-,6-,7-,8-,9-,10?,11?,12-,13-,14+,15+,16-,17-,18-,39?/m1/s1. The smallest absolute Gasteiger partial charge is 0.394 e. The lowest BCUT2D eigenvalue weighted by Crippen LogP contribution is -2.81. The van der Waals surface area contributed by atoms with Crippen LogP contribution in [0.15, 0.2) is 0 Å². The number of phosphoric ester groups is 1. The molecule has 0 aromatic heterocycles. The number of aliphatic hydroxyl groups is 8. The number of nitrogens with two attached hydrogens (primary N) is 3. The Balaban J connectivity index is 1.34. The first-order valence-corrected chi connectivity index (χ1v) is 13.3. The second-order valence-corrected chi connectivity index (χ2v) is 11.2. The molecule has 39 heavy (non-hydrogen) atoms. The summed E-state index contributed by atoms with van der Waals surface area (Å²) in [6.07, 6.45) is -14.0. The van der Waals surface area contributed by atoms with Crippen molar-refractivity contribution in [2.75, 3.05) is 19.8 Å². The van der Waals surface area contributed by atoms with Gasteiger partial charge in [0.15, 0.2) is 18.9 Å². The minimum atomic E-state index is -4.61. The van der Waals surface area contributed by atoms with E-state index in [2.05, 4.69) is 0 Å². The van der Waals surface area contributed by atoms with Gasteiger partial charge in [-0.3, -0.25) is 0 Å². The second-order valence-electron chi connectivity index (χ2n) is 9.80. The molecule has 0 aromatic carbocycles. The summed E-state index contributed by atoms with van der Waals surface area (Å²) in [5, 5.41) is 82.4. The molecule has 5 aliphatic rings.